The number of urea groups is 1. The first-order valence-electron chi connectivity index (χ1n) is 5.46. The Labute approximate surface area is 95.4 Å². The van der Waals surface area contributed by atoms with Crippen LogP contribution >= 0.6 is 0 Å². The SMILES string of the molecule is CCN1CCN(c2ccc(OC)cc2)C1=O. The molecule has 0 radical (unpaired) electrons. The predicted molar refractivity (Wildman–Crippen MR) is 63.0 cm³/mol. The summed E-state index contributed by atoms with van der Waals surface area (Å²) >= 11 is 0. The van der Waals surface area contributed by atoms with E-state index in [1.54, 1.807) is 12.0 Å². The molecule has 1 fully saturated rings. The third kappa shape index (κ3) is 1.83. The number of benzene rings is 1. The molecule has 0 N–H and O–H groups in total. The van der Waals surface area contributed by atoms with E-state index in [1.807, 2.05) is 36.1 Å². The Bertz CT molecular complexity index is 375. The first-order valence-corrected chi connectivity index (χ1v) is 5.46. The molecule has 0 atom stereocenters. The number of anilines is 1. The van der Waals surface area contributed by atoms with Crippen LogP contribution in [0.1, 0.15) is 6.92 Å². The molecular formula is C12H16N2O2. The van der Waals surface area contributed by atoms with Crippen molar-refractivity contribution in [3.63, 3.8) is 0 Å². The fourth-order valence-electron chi connectivity index (χ4n) is 1.88. The summed E-state index contributed by atoms with van der Waals surface area (Å²) in [5.74, 6) is 0.808. The van der Waals surface area contributed by atoms with Gasteiger partial charge in [0, 0.05) is 25.3 Å². The van der Waals surface area contributed by atoms with E-state index in [0.29, 0.717) is 0 Å². The van der Waals surface area contributed by atoms with Gasteiger partial charge in [0.25, 0.3) is 0 Å². The standard InChI is InChI=1S/C12H16N2O2/c1-3-13-8-9-14(12(13)15)10-4-6-11(16-2)7-5-10/h4-7H,3,8-9H2,1-2H3. The third-order valence-electron chi connectivity index (χ3n) is 2.86. The van der Waals surface area contributed by atoms with Crippen LogP contribution in [0.15, 0.2) is 24.3 Å². The minimum absolute atomic E-state index is 0.0904. The van der Waals surface area contributed by atoms with Gasteiger partial charge >= 0.3 is 6.03 Å². The minimum Gasteiger partial charge on any atom is -0.497 e. The molecule has 16 heavy (non-hydrogen) atoms. The molecule has 0 bridgehead atoms. The molecule has 1 heterocycles. The van der Waals surface area contributed by atoms with Crippen LogP contribution in [0.3, 0.4) is 0 Å². The van der Waals surface area contributed by atoms with Crippen LogP contribution < -0.4 is 9.64 Å². The molecule has 0 aromatic heterocycles. The molecule has 0 spiro atoms. The molecule has 2 rings (SSSR count). The lowest BCUT2D eigenvalue weighted by Crippen LogP contribution is -2.31. The van der Waals surface area contributed by atoms with E-state index >= 15 is 0 Å². The monoisotopic (exact) mass is 220 g/mol. The van der Waals surface area contributed by atoms with Gasteiger partial charge in [-0.25, -0.2) is 4.79 Å². The molecule has 2 amide bonds. The Balaban J connectivity index is 2.16. The largest absolute Gasteiger partial charge is 0.497 e. The zero-order valence-corrected chi connectivity index (χ0v) is 9.64. The molecule has 4 heteroatoms. The van der Waals surface area contributed by atoms with Crippen LogP contribution in [-0.4, -0.2) is 37.7 Å². The van der Waals surface area contributed by atoms with E-state index in [9.17, 15) is 4.79 Å². The molecule has 86 valence electrons. The van der Waals surface area contributed by atoms with E-state index in [2.05, 4.69) is 0 Å². The molecule has 0 aliphatic carbocycles. The van der Waals surface area contributed by atoms with E-state index in [1.165, 1.54) is 0 Å². The van der Waals surface area contributed by atoms with Crippen LogP contribution in [0.4, 0.5) is 10.5 Å². The topological polar surface area (TPSA) is 32.8 Å². The summed E-state index contributed by atoms with van der Waals surface area (Å²) < 4.78 is 5.09. The number of nitrogens with zero attached hydrogens (tertiary/aromatic N) is 2. The maximum Gasteiger partial charge on any atom is 0.324 e. The van der Waals surface area contributed by atoms with Gasteiger partial charge in [0.15, 0.2) is 0 Å². The molecule has 4 nitrogen and oxygen atoms in total. The molecule has 1 aliphatic heterocycles. The zero-order chi connectivity index (χ0) is 11.5. The van der Waals surface area contributed by atoms with Crippen LogP contribution in [0.25, 0.3) is 0 Å². The van der Waals surface area contributed by atoms with Crippen molar-refractivity contribution >= 4 is 11.7 Å². The summed E-state index contributed by atoms with van der Waals surface area (Å²) in [6.07, 6.45) is 0. The summed E-state index contributed by atoms with van der Waals surface area (Å²) in [6.45, 7) is 4.33. The molecular weight excluding hydrogens is 204 g/mol. The van der Waals surface area contributed by atoms with Gasteiger partial charge in [0.2, 0.25) is 0 Å². The van der Waals surface area contributed by atoms with Gasteiger partial charge in [-0.2, -0.15) is 0 Å². The second-order valence-electron chi connectivity index (χ2n) is 3.71. The van der Waals surface area contributed by atoms with E-state index in [4.69, 9.17) is 4.74 Å². The highest BCUT2D eigenvalue weighted by atomic mass is 16.5. The van der Waals surface area contributed by atoms with E-state index < -0.39 is 0 Å². The zero-order valence-electron chi connectivity index (χ0n) is 9.64. The van der Waals surface area contributed by atoms with Crippen LogP contribution in [-0.2, 0) is 0 Å². The first-order chi connectivity index (χ1) is 7.76. The number of likely N-dealkylation sites (N-methyl/N-ethyl adjacent to an activating group) is 1. The Morgan fingerprint density at radius 3 is 2.44 bits per heavy atom. The van der Waals surface area contributed by atoms with Crippen molar-refractivity contribution in [2.75, 3.05) is 31.6 Å². The third-order valence-corrected chi connectivity index (χ3v) is 2.86. The lowest BCUT2D eigenvalue weighted by atomic mass is 10.3. The Morgan fingerprint density at radius 2 is 1.94 bits per heavy atom. The number of rotatable bonds is 3. The van der Waals surface area contributed by atoms with Crippen molar-refractivity contribution in [2.45, 2.75) is 6.92 Å². The predicted octanol–water partition coefficient (Wildman–Crippen LogP) is 1.96. The van der Waals surface area contributed by atoms with Gasteiger partial charge in [-0.3, -0.25) is 4.90 Å². The maximum atomic E-state index is 11.9. The summed E-state index contributed by atoms with van der Waals surface area (Å²) in [6, 6.07) is 7.66. The van der Waals surface area contributed by atoms with Crippen molar-refractivity contribution in [3.8, 4) is 5.75 Å². The number of carbonyl (C=O) groups is 1. The quantitative estimate of drug-likeness (QED) is 0.780. The Kier molecular flexibility index (Phi) is 2.99. The number of ether oxygens (including phenoxy) is 1. The first kappa shape index (κ1) is 10.8. The molecule has 1 saturated heterocycles. The van der Waals surface area contributed by atoms with E-state index in [0.717, 1.165) is 31.1 Å². The van der Waals surface area contributed by atoms with Crippen molar-refractivity contribution in [1.29, 1.82) is 0 Å². The Hall–Kier alpha value is -1.71. The summed E-state index contributed by atoms with van der Waals surface area (Å²) in [4.78, 5) is 15.5. The summed E-state index contributed by atoms with van der Waals surface area (Å²) in [7, 11) is 1.63. The summed E-state index contributed by atoms with van der Waals surface area (Å²) in [5.41, 5.74) is 0.932. The molecule has 1 aliphatic rings. The fraction of sp³-hybridized carbons (Fsp3) is 0.417. The lowest BCUT2D eigenvalue weighted by molar-refractivity contribution is 0.223. The number of hydrogen-bond donors (Lipinski definition) is 0. The smallest absolute Gasteiger partial charge is 0.324 e. The summed E-state index contributed by atoms with van der Waals surface area (Å²) in [5, 5.41) is 0. The van der Waals surface area contributed by atoms with Crippen LogP contribution in [0.5, 0.6) is 5.75 Å². The van der Waals surface area contributed by atoms with Crippen LogP contribution in [0.2, 0.25) is 0 Å². The second kappa shape index (κ2) is 4.43. The van der Waals surface area contributed by atoms with Gasteiger partial charge < -0.3 is 9.64 Å². The highest BCUT2D eigenvalue weighted by Gasteiger charge is 2.27. The molecule has 0 saturated carbocycles. The van der Waals surface area contributed by atoms with Crippen molar-refractivity contribution in [1.82, 2.24) is 4.90 Å². The van der Waals surface area contributed by atoms with Crippen molar-refractivity contribution in [2.24, 2.45) is 0 Å². The highest BCUT2D eigenvalue weighted by molar-refractivity contribution is 5.94. The average Bonchev–Trinajstić information content (AvgIpc) is 2.70. The van der Waals surface area contributed by atoms with Crippen molar-refractivity contribution < 1.29 is 9.53 Å². The van der Waals surface area contributed by atoms with E-state index in [-0.39, 0.29) is 6.03 Å². The minimum atomic E-state index is 0.0904. The molecule has 1 aromatic rings. The highest BCUT2D eigenvalue weighted by Crippen LogP contribution is 2.22. The maximum absolute atomic E-state index is 11.9. The van der Waals surface area contributed by atoms with Gasteiger partial charge in [-0.15, -0.1) is 0 Å². The Morgan fingerprint density at radius 1 is 1.25 bits per heavy atom. The van der Waals surface area contributed by atoms with Gasteiger partial charge in [0.05, 0.1) is 7.11 Å². The molecule has 0 unspecified atom stereocenters. The van der Waals surface area contributed by atoms with Gasteiger partial charge in [0.1, 0.15) is 5.75 Å². The van der Waals surface area contributed by atoms with Gasteiger partial charge in [-0.1, -0.05) is 0 Å². The number of hydrogen-bond acceptors (Lipinski definition) is 2. The number of amides is 2. The normalized spacial score (nSPS) is 15.8. The average molecular weight is 220 g/mol. The van der Waals surface area contributed by atoms with Crippen LogP contribution in [0, 0.1) is 0 Å². The molecule has 1 aromatic carbocycles. The second-order valence-corrected chi connectivity index (χ2v) is 3.71. The lowest BCUT2D eigenvalue weighted by Gasteiger charge is -2.17. The number of methoxy groups -OCH3 is 1. The number of carbonyl (C=O) groups excluding carboxylic acids is 1. The van der Waals surface area contributed by atoms with Crippen molar-refractivity contribution in [3.05, 3.63) is 24.3 Å². The fourth-order valence-corrected chi connectivity index (χ4v) is 1.88. The van der Waals surface area contributed by atoms with Gasteiger partial charge in [-0.05, 0) is 31.2 Å².